The molecule has 1 aromatic rings. The summed E-state index contributed by atoms with van der Waals surface area (Å²) in [5.74, 6) is -1.20. The van der Waals surface area contributed by atoms with Crippen LogP contribution in [0.4, 0.5) is 8.78 Å². The number of ether oxygens (including phenoxy) is 1. The van der Waals surface area contributed by atoms with Gasteiger partial charge in [-0.05, 0) is 45.0 Å². The normalized spacial score (nSPS) is 23.1. The van der Waals surface area contributed by atoms with Gasteiger partial charge in [0.15, 0.2) is 11.6 Å². The molecule has 0 spiro atoms. The van der Waals surface area contributed by atoms with E-state index < -0.39 is 11.6 Å². The van der Waals surface area contributed by atoms with Crippen LogP contribution in [0.25, 0.3) is 0 Å². The monoisotopic (exact) mass is 328 g/mol. The number of benzene rings is 1. The molecule has 1 aliphatic rings. The number of halogens is 2. The summed E-state index contributed by atoms with van der Waals surface area (Å²) in [7, 11) is 5.49. The van der Waals surface area contributed by atoms with Crippen molar-refractivity contribution in [3.63, 3.8) is 0 Å². The van der Waals surface area contributed by atoms with E-state index in [0.29, 0.717) is 18.3 Å². The first-order chi connectivity index (χ1) is 11.0. The molecule has 6 heteroatoms. The Kier molecular flexibility index (Phi) is 6.33. The number of aliphatic hydroxyl groups is 1. The molecule has 0 aliphatic carbocycles. The maximum atomic E-state index is 14.2. The average Bonchev–Trinajstić information content (AvgIpc) is 2.74. The number of likely N-dealkylation sites (tertiary alicyclic amines) is 1. The van der Waals surface area contributed by atoms with E-state index >= 15 is 0 Å². The van der Waals surface area contributed by atoms with Crippen LogP contribution >= 0.6 is 0 Å². The molecule has 2 atom stereocenters. The molecule has 0 unspecified atom stereocenters. The molecule has 1 aliphatic heterocycles. The molecule has 0 bridgehead atoms. The predicted molar refractivity (Wildman–Crippen MR) is 85.5 cm³/mol. The lowest BCUT2D eigenvalue weighted by atomic mass is 10.0. The van der Waals surface area contributed by atoms with Crippen molar-refractivity contribution in [3.05, 3.63) is 29.3 Å². The van der Waals surface area contributed by atoms with Gasteiger partial charge in [0.25, 0.3) is 0 Å². The quantitative estimate of drug-likeness (QED) is 0.898. The molecule has 0 aromatic heterocycles. The molecule has 23 heavy (non-hydrogen) atoms. The number of hydrogen-bond acceptors (Lipinski definition) is 4. The summed E-state index contributed by atoms with van der Waals surface area (Å²) in [6.07, 6.45) is 1.91. The molecule has 1 N–H and O–H groups in total. The topological polar surface area (TPSA) is 35.9 Å². The van der Waals surface area contributed by atoms with Gasteiger partial charge in [-0.15, -0.1) is 0 Å². The second-order valence-corrected chi connectivity index (χ2v) is 6.48. The number of methoxy groups -OCH3 is 1. The van der Waals surface area contributed by atoms with E-state index in [2.05, 4.69) is 9.80 Å². The zero-order chi connectivity index (χ0) is 17.0. The number of likely N-dealkylation sites (N-methyl/N-ethyl adjacent to an activating group) is 1. The minimum atomic E-state index is -0.863. The van der Waals surface area contributed by atoms with Crippen LogP contribution in [0, 0.1) is 17.6 Å². The number of hydrogen-bond donors (Lipinski definition) is 1. The van der Waals surface area contributed by atoms with Gasteiger partial charge in [-0.25, -0.2) is 8.78 Å². The van der Waals surface area contributed by atoms with E-state index in [1.165, 1.54) is 13.2 Å². The second kappa shape index (κ2) is 8.04. The first-order valence-electron chi connectivity index (χ1n) is 7.96. The summed E-state index contributed by atoms with van der Waals surface area (Å²) in [4.78, 5) is 4.23. The van der Waals surface area contributed by atoms with Crippen LogP contribution in [0.1, 0.15) is 18.4 Å². The zero-order valence-electron chi connectivity index (χ0n) is 14.1. The Morgan fingerprint density at radius 1 is 1.26 bits per heavy atom. The van der Waals surface area contributed by atoms with Gasteiger partial charge in [-0.3, -0.25) is 4.90 Å². The summed E-state index contributed by atoms with van der Waals surface area (Å²) >= 11 is 0. The Morgan fingerprint density at radius 3 is 2.61 bits per heavy atom. The van der Waals surface area contributed by atoms with Crippen molar-refractivity contribution in [1.29, 1.82) is 0 Å². The van der Waals surface area contributed by atoms with Crippen LogP contribution in [-0.2, 0) is 6.54 Å². The van der Waals surface area contributed by atoms with Crippen molar-refractivity contribution < 1.29 is 18.6 Å². The van der Waals surface area contributed by atoms with Gasteiger partial charge in [-0.2, -0.15) is 0 Å². The van der Waals surface area contributed by atoms with Crippen LogP contribution in [0.5, 0.6) is 5.75 Å². The molecule has 0 saturated carbocycles. The van der Waals surface area contributed by atoms with E-state index in [0.717, 1.165) is 25.5 Å². The van der Waals surface area contributed by atoms with Gasteiger partial charge in [0.2, 0.25) is 0 Å². The van der Waals surface area contributed by atoms with Gasteiger partial charge in [-0.1, -0.05) is 0 Å². The van der Waals surface area contributed by atoms with Gasteiger partial charge < -0.3 is 14.7 Å². The molecule has 0 radical (unpaired) electrons. The Balaban J connectivity index is 2.24. The van der Waals surface area contributed by atoms with Crippen LogP contribution in [0.2, 0.25) is 0 Å². The first-order valence-corrected chi connectivity index (χ1v) is 7.96. The summed E-state index contributed by atoms with van der Waals surface area (Å²) < 4.78 is 33.0. The van der Waals surface area contributed by atoms with Crippen molar-refractivity contribution in [2.24, 2.45) is 5.92 Å². The third kappa shape index (κ3) is 4.40. The fraction of sp³-hybridized carbons (Fsp3) is 0.647. The summed E-state index contributed by atoms with van der Waals surface area (Å²) in [6, 6.07) is 2.87. The van der Waals surface area contributed by atoms with Gasteiger partial charge in [0, 0.05) is 37.8 Å². The third-order valence-corrected chi connectivity index (χ3v) is 4.64. The zero-order valence-corrected chi connectivity index (χ0v) is 14.1. The standard InChI is InChI=1S/C17H26F2N2O2/c1-20(2)13-5-4-12(11-22)8-21(9-13)10-14-16(23-3)7-6-15(18)17(14)19/h6-7,12-13,22H,4-5,8-11H2,1-3H3/t12-,13+/m0/s1. The van der Waals surface area contributed by atoms with Crippen LogP contribution < -0.4 is 4.74 Å². The fourth-order valence-electron chi connectivity index (χ4n) is 3.19. The average molecular weight is 328 g/mol. The highest BCUT2D eigenvalue weighted by Crippen LogP contribution is 2.27. The van der Waals surface area contributed by atoms with Crippen molar-refractivity contribution in [2.75, 3.05) is 40.9 Å². The fourth-order valence-corrected chi connectivity index (χ4v) is 3.19. The lowest BCUT2D eigenvalue weighted by molar-refractivity contribution is 0.155. The maximum absolute atomic E-state index is 14.2. The SMILES string of the molecule is COc1ccc(F)c(F)c1CN1C[C@@H](CO)CC[C@@H](N(C)C)C1. The van der Waals surface area contributed by atoms with Crippen LogP contribution in [0.15, 0.2) is 12.1 Å². The van der Waals surface area contributed by atoms with Crippen LogP contribution in [0.3, 0.4) is 0 Å². The van der Waals surface area contributed by atoms with E-state index in [1.807, 2.05) is 14.1 Å². The van der Waals surface area contributed by atoms with E-state index in [9.17, 15) is 13.9 Å². The van der Waals surface area contributed by atoms with Crippen LogP contribution in [-0.4, -0.2) is 61.8 Å². The van der Waals surface area contributed by atoms with Crippen molar-refractivity contribution in [3.8, 4) is 5.75 Å². The highest BCUT2D eigenvalue weighted by Gasteiger charge is 2.27. The second-order valence-electron chi connectivity index (χ2n) is 6.48. The summed E-state index contributed by atoms with van der Waals surface area (Å²) in [5.41, 5.74) is 0.239. The molecule has 4 nitrogen and oxygen atoms in total. The Bertz CT molecular complexity index is 526. The lowest BCUT2D eigenvalue weighted by Crippen LogP contribution is -2.39. The minimum absolute atomic E-state index is 0.111. The Hall–Kier alpha value is -1.24. The molecule has 0 amide bonds. The van der Waals surface area contributed by atoms with Crippen molar-refractivity contribution in [2.45, 2.75) is 25.4 Å². The predicted octanol–water partition coefficient (Wildman–Crippen LogP) is 2.11. The van der Waals surface area contributed by atoms with E-state index in [-0.39, 0.29) is 24.6 Å². The minimum Gasteiger partial charge on any atom is -0.496 e. The molecular weight excluding hydrogens is 302 g/mol. The number of rotatable bonds is 5. The largest absolute Gasteiger partial charge is 0.496 e. The van der Waals surface area contributed by atoms with Crippen molar-refractivity contribution in [1.82, 2.24) is 9.80 Å². The molecule has 1 saturated heterocycles. The highest BCUT2D eigenvalue weighted by molar-refractivity contribution is 5.35. The van der Waals surface area contributed by atoms with Gasteiger partial charge in [0.05, 0.1) is 7.11 Å². The smallest absolute Gasteiger partial charge is 0.167 e. The summed E-state index contributed by atoms with van der Waals surface area (Å²) in [5, 5.41) is 9.53. The Morgan fingerprint density at radius 2 is 2.00 bits per heavy atom. The third-order valence-electron chi connectivity index (χ3n) is 4.64. The highest BCUT2D eigenvalue weighted by atomic mass is 19.2. The van der Waals surface area contributed by atoms with Gasteiger partial charge >= 0.3 is 0 Å². The van der Waals surface area contributed by atoms with E-state index in [4.69, 9.17) is 4.74 Å². The van der Waals surface area contributed by atoms with Crippen molar-refractivity contribution >= 4 is 0 Å². The molecule has 2 rings (SSSR count). The van der Waals surface area contributed by atoms with E-state index in [1.54, 1.807) is 0 Å². The molecular formula is C17H26F2N2O2. The number of aliphatic hydroxyl groups excluding tert-OH is 1. The summed E-state index contributed by atoms with van der Waals surface area (Å²) in [6.45, 7) is 1.80. The maximum Gasteiger partial charge on any atom is 0.167 e. The Labute approximate surface area is 136 Å². The molecule has 1 heterocycles. The molecule has 1 aromatic carbocycles. The van der Waals surface area contributed by atoms with Gasteiger partial charge in [0.1, 0.15) is 5.75 Å². The molecule has 1 fully saturated rings. The molecule has 130 valence electrons. The lowest BCUT2D eigenvalue weighted by Gasteiger charge is -2.29. The number of nitrogens with zero attached hydrogens (tertiary/aromatic N) is 2. The first kappa shape index (κ1) is 18.1.